The van der Waals surface area contributed by atoms with Crippen LogP contribution in [0.15, 0.2) is 47.5 Å². The van der Waals surface area contributed by atoms with Crippen LogP contribution in [0.1, 0.15) is 36.8 Å². The molecule has 2 aromatic carbocycles. The number of hydrogen-bond acceptors (Lipinski definition) is 2. The van der Waals surface area contributed by atoms with Crippen molar-refractivity contribution in [3.63, 3.8) is 0 Å². The van der Waals surface area contributed by atoms with Crippen molar-refractivity contribution in [2.45, 2.75) is 37.7 Å². The number of guanidine groups is 1. The van der Waals surface area contributed by atoms with Crippen LogP contribution in [0.2, 0.25) is 0 Å². The van der Waals surface area contributed by atoms with Crippen molar-refractivity contribution in [3.05, 3.63) is 65.2 Å². The Labute approximate surface area is 158 Å². The van der Waals surface area contributed by atoms with E-state index in [1.807, 2.05) is 24.3 Å². The molecule has 0 radical (unpaired) electrons. The smallest absolute Gasteiger partial charge is 0.193 e. The summed E-state index contributed by atoms with van der Waals surface area (Å²) in [5.74, 6) is -0.797. The number of methoxy groups -OCH3 is 1. The molecule has 1 fully saturated rings. The molecule has 0 unspecified atom stereocenters. The SMILES string of the molecule is COCc1ccccc1NC(N)=NCC1(c2c(F)cccc2F)CCCC1. The van der Waals surface area contributed by atoms with E-state index in [2.05, 4.69) is 10.3 Å². The van der Waals surface area contributed by atoms with E-state index in [9.17, 15) is 8.78 Å². The summed E-state index contributed by atoms with van der Waals surface area (Å²) in [7, 11) is 1.63. The van der Waals surface area contributed by atoms with Crippen LogP contribution in [0.5, 0.6) is 0 Å². The summed E-state index contributed by atoms with van der Waals surface area (Å²) >= 11 is 0. The molecule has 0 heterocycles. The zero-order valence-corrected chi connectivity index (χ0v) is 15.5. The Morgan fingerprint density at radius 3 is 2.44 bits per heavy atom. The lowest BCUT2D eigenvalue weighted by Gasteiger charge is -2.28. The summed E-state index contributed by atoms with van der Waals surface area (Å²) in [5.41, 5.74) is 7.32. The summed E-state index contributed by atoms with van der Waals surface area (Å²) in [6, 6.07) is 11.6. The molecular formula is C21H25F2N3O. The van der Waals surface area contributed by atoms with E-state index in [-0.39, 0.29) is 18.1 Å². The van der Waals surface area contributed by atoms with E-state index in [1.54, 1.807) is 7.11 Å². The molecule has 1 saturated carbocycles. The Hall–Kier alpha value is -2.47. The number of rotatable bonds is 6. The predicted octanol–water partition coefficient (Wildman–Crippen LogP) is 4.35. The highest BCUT2D eigenvalue weighted by Gasteiger charge is 2.39. The zero-order chi connectivity index (χ0) is 19.3. The first-order valence-corrected chi connectivity index (χ1v) is 9.14. The minimum atomic E-state index is -0.645. The van der Waals surface area contributed by atoms with Gasteiger partial charge < -0.3 is 15.8 Å². The Bertz CT molecular complexity index is 797. The van der Waals surface area contributed by atoms with Gasteiger partial charge in [0.2, 0.25) is 0 Å². The molecular weight excluding hydrogens is 348 g/mol. The number of ether oxygens (including phenoxy) is 1. The number of aliphatic imine (C=N–C) groups is 1. The van der Waals surface area contributed by atoms with Crippen molar-refractivity contribution >= 4 is 11.6 Å². The van der Waals surface area contributed by atoms with Crippen LogP contribution in [0.25, 0.3) is 0 Å². The van der Waals surface area contributed by atoms with Crippen LogP contribution in [-0.2, 0) is 16.8 Å². The summed E-state index contributed by atoms with van der Waals surface area (Å²) in [5, 5.41) is 3.08. The number of hydrogen-bond donors (Lipinski definition) is 2. The molecule has 0 amide bonds. The molecule has 6 heteroatoms. The van der Waals surface area contributed by atoms with E-state index < -0.39 is 17.0 Å². The molecule has 4 nitrogen and oxygen atoms in total. The van der Waals surface area contributed by atoms with Gasteiger partial charge in [0, 0.05) is 29.3 Å². The van der Waals surface area contributed by atoms with Gasteiger partial charge in [-0.05, 0) is 31.0 Å². The zero-order valence-electron chi connectivity index (χ0n) is 15.5. The fourth-order valence-corrected chi connectivity index (χ4v) is 3.88. The van der Waals surface area contributed by atoms with Crippen LogP contribution < -0.4 is 11.1 Å². The van der Waals surface area contributed by atoms with E-state index in [0.29, 0.717) is 19.4 Å². The number of nitrogens with two attached hydrogens (primary N) is 1. The first-order valence-electron chi connectivity index (χ1n) is 9.14. The van der Waals surface area contributed by atoms with Gasteiger partial charge in [0.1, 0.15) is 11.6 Å². The molecule has 0 aliphatic heterocycles. The van der Waals surface area contributed by atoms with E-state index in [1.165, 1.54) is 18.2 Å². The van der Waals surface area contributed by atoms with Gasteiger partial charge in [0.05, 0.1) is 13.2 Å². The lowest BCUT2D eigenvalue weighted by molar-refractivity contribution is 0.185. The Balaban J connectivity index is 1.82. The van der Waals surface area contributed by atoms with Crippen molar-refractivity contribution in [3.8, 4) is 0 Å². The van der Waals surface area contributed by atoms with E-state index in [4.69, 9.17) is 10.5 Å². The third-order valence-corrected chi connectivity index (χ3v) is 5.19. The second-order valence-corrected chi connectivity index (χ2v) is 7.00. The normalized spacial score (nSPS) is 16.5. The van der Waals surface area contributed by atoms with Crippen molar-refractivity contribution in [2.24, 2.45) is 10.7 Å². The minimum absolute atomic E-state index is 0.138. The van der Waals surface area contributed by atoms with Crippen molar-refractivity contribution < 1.29 is 13.5 Å². The Morgan fingerprint density at radius 2 is 1.78 bits per heavy atom. The third-order valence-electron chi connectivity index (χ3n) is 5.19. The molecule has 0 atom stereocenters. The molecule has 2 aromatic rings. The van der Waals surface area contributed by atoms with E-state index >= 15 is 0 Å². The molecule has 3 rings (SSSR count). The van der Waals surface area contributed by atoms with Crippen LogP contribution in [-0.4, -0.2) is 19.6 Å². The molecule has 27 heavy (non-hydrogen) atoms. The molecule has 3 N–H and O–H groups in total. The number of nitrogens with zero attached hydrogens (tertiary/aromatic N) is 1. The highest BCUT2D eigenvalue weighted by atomic mass is 19.1. The van der Waals surface area contributed by atoms with E-state index in [0.717, 1.165) is 24.1 Å². The minimum Gasteiger partial charge on any atom is -0.380 e. The third kappa shape index (κ3) is 4.27. The predicted molar refractivity (Wildman–Crippen MR) is 104 cm³/mol. The van der Waals surface area contributed by atoms with Crippen LogP contribution in [0.3, 0.4) is 0 Å². The van der Waals surface area contributed by atoms with Gasteiger partial charge in [-0.1, -0.05) is 37.1 Å². The maximum atomic E-state index is 14.4. The number of nitrogens with one attached hydrogen (secondary N) is 1. The molecule has 0 saturated heterocycles. The van der Waals surface area contributed by atoms with Gasteiger partial charge in [-0.2, -0.15) is 0 Å². The van der Waals surface area contributed by atoms with Gasteiger partial charge in [0.15, 0.2) is 5.96 Å². The molecule has 0 spiro atoms. The quantitative estimate of drug-likeness (QED) is 0.585. The van der Waals surface area contributed by atoms with Crippen LogP contribution >= 0.6 is 0 Å². The highest BCUT2D eigenvalue weighted by Crippen LogP contribution is 2.43. The van der Waals surface area contributed by atoms with Gasteiger partial charge in [-0.25, -0.2) is 8.78 Å². The first-order chi connectivity index (χ1) is 13.1. The summed E-state index contributed by atoms with van der Waals surface area (Å²) in [4.78, 5) is 4.44. The maximum absolute atomic E-state index is 14.4. The van der Waals surface area contributed by atoms with Crippen molar-refractivity contribution in [1.29, 1.82) is 0 Å². The molecule has 0 aromatic heterocycles. The Kier molecular flexibility index (Phi) is 6.06. The highest BCUT2D eigenvalue weighted by molar-refractivity contribution is 5.93. The monoisotopic (exact) mass is 373 g/mol. The average molecular weight is 373 g/mol. The summed E-state index contributed by atoms with van der Waals surface area (Å²) in [6.45, 7) is 0.691. The van der Waals surface area contributed by atoms with Gasteiger partial charge >= 0.3 is 0 Å². The second kappa shape index (κ2) is 8.48. The lowest BCUT2D eigenvalue weighted by atomic mass is 9.78. The maximum Gasteiger partial charge on any atom is 0.193 e. The average Bonchev–Trinajstić information content (AvgIpc) is 3.11. The fourth-order valence-electron chi connectivity index (χ4n) is 3.88. The van der Waals surface area contributed by atoms with Crippen LogP contribution in [0, 0.1) is 11.6 Å². The van der Waals surface area contributed by atoms with Crippen LogP contribution in [0.4, 0.5) is 14.5 Å². The topological polar surface area (TPSA) is 59.6 Å². The number of benzene rings is 2. The molecule has 144 valence electrons. The number of anilines is 1. The van der Waals surface area contributed by atoms with Gasteiger partial charge in [-0.3, -0.25) is 4.99 Å². The Morgan fingerprint density at radius 1 is 1.11 bits per heavy atom. The standard InChI is InChI=1S/C21H25F2N3O/c1-27-13-15-7-2-3-10-18(15)26-20(24)25-14-21(11-4-5-12-21)19-16(22)8-6-9-17(19)23/h2-3,6-10H,4-5,11-14H2,1H3,(H3,24,25,26). The van der Waals surface area contributed by atoms with Crippen molar-refractivity contribution in [1.82, 2.24) is 0 Å². The van der Waals surface area contributed by atoms with Gasteiger partial charge in [0.25, 0.3) is 0 Å². The largest absolute Gasteiger partial charge is 0.380 e. The summed E-state index contributed by atoms with van der Waals surface area (Å²) in [6.07, 6.45) is 3.24. The molecule has 1 aliphatic rings. The molecule has 1 aliphatic carbocycles. The molecule has 0 bridgehead atoms. The number of halogens is 2. The second-order valence-electron chi connectivity index (χ2n) is 7.00. The first kappa shape index (κ1) is 19.3. The fraction of sp³-hybridized carbons (Fsp3) is 0.381. The van der Waals surface area contributed by atoms with Crippen molar-refractivity contribution in [2.75, 3.05) is 19.0 Å². The number of para-hydroxylation sites is 1. The summed E-state index contributed by atoms with van der Waals surface area (Å²) < 4.78 is 34.0. The lowest BCUT2D eigenvalue weighted by Crippen LogP contribution is -2.32. The van der Waals surface area contributed by atoms with Gasteiger partial charge in [-0.15, -0.1) is 0 Å².